The summed E-state index contributed by atoms with van der Waals surface area (Å²) in [5.74, 6) is 0.699. The molecule has 1 aliphatic rings. The van der Waals surface area contributed by atoms with Crippen molar-refractivity contribution in [2.75, 3.05) is 11.9 Å². The highest BCUT2D eigenvalue weighted by atomic mass is 79.9. The van der Waals surface area contributed by atoms with Crippen LogP contribution in [0.2, 0.25) is 0 Å². The van der Waals surface area contributed by atoms with Crippen LogP contribution in [0.15, 0.2) is 24.3 Å². The zero-order chi connectivity index (χ0) is 13.0. The van der Waals surface area contributed by atoms with E-state index in [0.29, 0.717) is 5.92 Å². The molecule has 0 fully saturated rings. The number of aryl methyl sites for hydroxylation is 1. The predicted octanol–water partition coefficient (Wildman–Crippen LogP) is 4.26. The average Bonchev–Trinajstić information content (AvgIpc) is 2.36. The van der Waals surface area contributed by atoms with Crippen LogP contribution in [0.25, 0.3) is 0 Å². The smallest absolute Gasteiger partial charge is 0.0133 e. The number of fused-ring (bicyclic) bond motifs is 1. The van der Waals surface area contributed by atoms with E-state index in [-0.39, 0.29) is 5.54 Å². The third-order valence-corrected chi connectivity index (χ3v) is 4.44. The van der Waals surface area contributed by atoms with Crippen molar-refractivity contribution < 1.29 is 0 Å². The molecule has 0 heterocycles. The lowest BCUT2D eigenvalue weighted by Gasteiger charge is -2.31. The molecule has 0 aromatic heterocycles. The van der Waals surface area contributed by atoms with E-state index in [4.69, 9.17) is 0 Å². The van der Waals surface area contributed by atoms with Gasteiger partial charge in [-0.3, -0.25) is 0 Å². The number of hydrogen-bond donors (Lipinski definition) is 1. The summed E-state index contributed by atoms with van der Waals surface area (Å²) in [5.41, 5.74) is 3.37. The number of nitrogens with one attached hydrogen (secondary N) is 1. The molecule has 0 bridgehead atoms. The zero-order valence-electron chi connectivity index (χ0n) is 11.5. The van der Waals surface area contributed by atoms with Gasteiger partial charge in [-0.15, -0.1) is 0 Å². The maximum absolute atomic E-state index is 3.74. The van der Waals surface area contributed by atoms with Crippen molar-refractivity contribution in [2.45, 2.75) is 51.0 Å². The Labute approximate surface area is 119 Å². The molecule has 1 nitrogen and oxygen atoms in total. The van der Waals surface area contributed by atoms with E-state index >= 15 is 0 Å². The molecule has 2 rings (SSSR count). The minimum absolute atomic E-state index is 0.232. The highest BCUT2D eigenvalue weighted by Gasteiger charge is 2.23. The van der Waals surface area contributed by atoms with Gasteiger partial charge in [0.25, 0.3) is 0 Å². The van der Waals surface area contributed by atoms with Gasteiger partial charge in [0.1, 0.15) is 0 Å². The SMILES string of the molecule is CC(C)(CCBr)NCC1CCCc2ccccc21. The minimum atomic E-state index is 0.232. The summed E-state index contributed by atoms with van der Waals surface area (Å²) >= 11 is 3.54. The third kappa shape index (κ3) is 3.58. The van der Waals surface area contributed by atoms with Crippen LogP contribution in [0.1, 0.15) is 50.2 Å². The number of benzene rings is 1. The second-order valence-corrected chi connectivity index (χ2v) is 6.78. The van der Waals surface area contributed by atoms with Gasteiger partial charge in [0.15, 0.2) is 0 Å². The fraction of sp³-hybridized carbons (Fsp3) is 0.625. The average molecular weight is 310 g/mol. The van der Waals surface area contributed by atoms with Gasteiger partial charge in [-0.25, -0.2) is 0 Å². The number of hydrogen-bond acceptors (Lipinski definition) is 1. The van der Waals surface area contributed by atoms with Crippen molar-refractivity contribution in [3.05, 3.63) is 35.4 Å². The van der Waals surface area contributed by atoms with Crippen LogP contribution in [-0.2, 0) is 6.42 Å². The Morgan fingerprint density at radius 1 is 1.33 bits per heavy atom. The van der Waals surface area contributed by atoms with Crippen molar-refractivity contribution in [3.8, 4) is 0 Å². The zero-order valence-corrected chi connectivity index (χ0v) is 13.1. The van der Waals surface area contributed by atoms with E-state index in [2.05, 4.69) is 59.4 Å². The fourth-order valence-corrected chi connectivity index (χ4v) is 3.78. The standard InChI is InChI=1S/C16H24BrN/c1-16(2,10-11-17)18-12-14-8-5-7-13-6-3-4-9-15(13)14/h3-4,6,9,14,18H,5,7-8,10-12H2,1-2H3. The lowest BCUT2D eigenvalue weighted by molar-refractivity contribution is 0.355. The number of rotatable bonds is 5. The second kappa shape index (κ2) is 6.21. The Hall–Kier alpha value is -0.340. The maximum atomic E-state index is 3.74. The van der Waals surface area contributed by atoms with Crippen molar-refractivity contribution in [1.29, 1.82) is 0 Å². The molecular formula is C16H24BrN. The summed E-state index contributed by atoms with van der Waals surface area (Å²) in [6.07, 6.45) is 5.09. The molecule has 0 saturated carbocycles. The second-order valence-electron chi connectivity index (χ2n) is 5.99. The number of halogens is 1. The molecular weight excluding hydrogens is 286 g/mol. The van der Waals surface area contributed by atoms with Gasteiger partial charge in [0.05, 0.1) is 0 Å². The summed E-state index contributed by atoms with van der Waals surface area (Å²) < 4.78 is 0. The molecule has 100 valence electrons. The van der Waals surface area contributed by atoms with Crippen LogP contribution in [0.4, 0.5) is 0 Å². The Kier molecular flexibility index (Phi) is 4.85. The van der Waals surface area contributed by atoms with E-state index in [1.807, 2.05) is 0 Å². The normalized spacial score (nSPS) is 19.6. The van der Waals surface area contributed by atoms with E-state index in [1.54, 1.807) is 11.1 Å². The lowest BCUT2D eigenvalue weighted by atomic mass is 9.82. The summed E-state index contributed by atoms with van der Waals surface area (Å²) in [6.45, 7) is 5.70. The Morgan fingerprint density at radius 2 is 2.11 bits per heavy atom. The molecule has 0 spiro atoms. The molecule has 0 saturated heterocycles. The van der Waals surface area contributed by atoms with Crippen LogP contribution >= 0.6 is 15.9 Å². The molecule has 1 atom stereocenters. The molecule has 1 aromatic carbocycles. The van der Waals surface area contributed by atoms with E-state index in [9.17, 15) is 0 Å². The fourth-order valence-electron chi connectivity index (χ4n) is 2.79. The predicted molar refractivity (Wildman–Crippen MR) is 82.6 cm³/mol. The first-order valence-electron chi connectivity index (χ1n) is 7.01. The van der Waals surface area contributed by atoms with Gasteiger partial charge < -0.3 is 5.32 Å². The van der Waals surface area contributed by atoms with E-state index in [0.717, 1.165) is 11.9 Å². The first-order chi connectivity index (χ1) is 8.62. The van der Waals surface area contributed by atoms with E-state index < -0.39 is 0 Å². The molecule has 18 heavy (non-hydrogen) atoms. The molecule has 0 amide bonds. The lowest BCUT2D eigenvalue weighted by Crippen LogP contribution is -2.42. The van der Waals surface area contributed by atoms with Crippen LogP contribution in [0.5, 0.6) is 0 Å². The summed E-state index contributed by atoms with van der Waals surface area (Å²) in [7, 11) is 0. The van der Waals surface area contributed by atoms with Crippen LogP contribution in [0, 0.1) is 0 Å². The van der Waals surface area contributed by atoms with E-state index in [1.165, 1.54) is 25.7 Å². The van der Waals surface area contributed by atoms with Gasteiger partial charge in [0, 0.05) is 17.4 Å². The molecule has 1 aliphatic carbocycles. The monoisotopic (exact) mass is 309 g/mol. The van der Waals surface area contributed by atoms with Crippen molar-refractivity contribution >= 4 is 15.9 Å². The Morgan fingerprint density at radius 3 is 2.89 bits per heavy atom. The highest BCUT2D eigenvalue weighted by molar-refractivity contribution is 9.09. The minimum Gasteiger partial charge on any atom is -0.311 e. The van der Waals surface area contributed by atoms with Crippen molar-refractivity contribution in [1.82, 2.24) is 5.32 Å². The third-order valence-electron chi connectivity index (χ3n) is 4.04. The van der Waals surface area contributed by atoms with Gasteiger partial charge in [0.2, 0.25) is 0 Å². The topological polar surface area (TPSA) is 12.0 Å². The molecule has 1 N–H and O–H groups in total. The van der Waals surface area contributed by atoms with Gasteiger partial charge in [-0.1, -0.05) is 40.2 Å². The summed E-state index contributed by atoms with van der Waals surface area (Å²) in [5, 5.41) is 4.80. The van der Waals surface area contributed by atoms with Crippen molar-refractivity contribution in [3.63, 3.8) is 0 Å². The maximum Gasteiger partial charge on any atom is 0.0133 e. The Bertz CT molecular complexity index is 386. The molecule has 0 aliphatic heterocycles. The van der Waals surface area contributed by atoms with Crippen LogP contribution in [-0.4, -0.2) is 17.4 Å². The molecule has 2 heteroatoms. The number of alkyl halides is 1. The molecule has 1 aromatic rings. The Balaban J connectivity index is 1.99. The van der Waals surface area contributed by atoms with Gasteiger partial charge >= 0.3 is 0 Å². The van der Waals surface area contributed by atoms with Crippen molar-refractivity contribution in [2.24, 2.45) is 0 Å². The van der Waals surface area contributed by atoms with Gasteiger partial charge in [-0.05, 0) is 56.6 Å². The first-order valence-corrected chi connectivity index (χ1v) is 8.13. The first kappa shape index (κ1) is 14.1. The van der Waals surface area contributed by atoms with Crippen LogP contribution in [0.3, 0.4) is 0 Å². The summed E-state index contributed by atoms with van der Waals surface area (Å²) in [4.78, 5) is 0. The highest BCUT2D eigenvalue weighted by Crippen LogP contribution is 2.31. The summed E-state index contributed by atoms with van der Waals surface area (Å²) in [6, 6.07) is 8.97. The van der Waals surface area contributed by atoms with Gasteiger partial charge in [-0.2, -0.15) is 0 Å². The largest absolute Gasteiger partial charge is 0.311 e. The quantitative estimate of drug-likeness (QED) is 0.801. The molecule has 0 radical (unpaired) electrons. The molecule has 1 unspecified atom stereocenters. The van der Waals surface area contributed by atoms with Crippen LogP contribution < -0.4 is 5.32 Å².